The summed E-state index contributed by atoms with van der Waals surface area (Å²) in [4.78, 5) is 36.1. The van der Waals surface area contributed by atoms with Crippen molar-refractivity contribution in [3.63, 3.8) is 0 Å². The molecule has 1 aromatic heterocycles. The van der Waals surface area contributed by atoms with Crippen molar-refractivity contribution in [2.24, 2.45) is 0 Å². The van der Waals surface area contributed by atoms with E-state index >= 15 is 0 Å². The van der Waals surface area contributed by atoms with Gasteiger partial charge in [-0.3, -0.25) is 19.7 Å². The average molecular weight is 289 g/mol. The van der Waals surface area contributed by atoms with Crippen LogP contribution in [-0.4, -0.2) is 20.9 Å². The number of benzene rings is 1. The number of H-pyrrole nitrogens is 1. The molecule has 0 spiro atoms. The molecule has 1 aromatic carbocycles. The third-order valence-corrected chi connectivity index (χ3v) is 2.74. The first-order valence-corrected chi connectivity index (χ1v) is 5.87. The lowest BCUT2D eigenvalue weighted by molar-refractivity contribution is -0.384. The molecule has 0 bridgehead atoms. The van der Waals surface area contributed by atoms with Gasteiger partial charge in [0, 0.05) is 17.8 Å². The standard InChI is InChI=1S/C13H11N3O5/c1-7-2-4-9(12(18)14-7)13(19)15-10-6-8(16(20)21)3-5-11(10)17/h2-6,17H,1H3,(H,14,18)(H,15,19). The van der Waals surface area contributed by atoms with E-state index in [1.54, 1.807) is 13.0 Å². The van der Waals surface area contributed by atoms with Gasteiger partial charge in [0.2, 0.25) is 0 Å². The minimum absolute atomic E-state index is 0.144. The summed E-state index contributed by atoms with van der Waals surface area (Å²) in [5.74, 6) is -1.11. The van der Waals surface area contributed by atoms with E-state index in [1.807, 2.05) is 0 Å². The Kier molecular flexibility index (Phi) is 3.70. The van der Waals surface area contributed by atoms with Gasteiger partial charge in [-0.05, 0) is 25.1 Å². The van der Waals surface area contributed by atoms with E-state index in [0.29, 0.717) is 5.69 Å². The van der Waals surface area contributed by atoms with Crippen LogP contribution in [0.25, 0.3) is 0 Å². The van der Waals surface area contributed by atoms with E-state index in [0.717, 1.165) is 18.2 Å². The van der Waals surface area contributed by atoms with E-state index in [2.05, 4.69) is 10.3 Å². The van der Waals surface area contributed by atoms with Crippen LogP contribution >= 0.6 is 0 Å². The van der Waals surface area contributed by atoms with E-state index in [4.69, 9.17) is 0 Å². The molecule has 0 unspecified atom stereocenters. The Morgan fingerprint density at radius 1 is 1.33 bits per heavy atom. The number of amides is 1. The fourth-order valence-corrected chi connectivity index (χ4v) is 1.68. The Bertz CT molecular complexity index is 782. The van der Waals surface area contributed by atoms with Gasteiger partial charge in [0.05, 0.1) is 10.6 Å². The number of non-ortho nitro benzene ring substituents is 1. The normalized spacial score (nSPS) is 10.1. The molecule has 0 fully saturated rings. The molecule has 8 heteroatoms. The van der Waals surface area contributed by atoms with Crippen LogP contribution in [0.4, 0.5) is 11.4 Å². The number of aromatic nitrogens is 1. The Morgan fingerprint density at radius 3 is 2.67 bits per heavy atom. The molecule has 1 heterocycles. The Balaban J connectivity index is 2.33. The summed E-state index contributed by atoms with van der Waals surface area (Å²) in [6.07, 6.45) is 0. The number of nitrogens with zero attached hydrogens (tertiary/aromatic N) is 1. The minimum Gasteiger partial charge on any atom is -0.506 e. The number of aromatic hydroxyl groups is 1. The molecule has 108 valence electrons. The van der Waals surface area contributed by atoms with Gasteiger partial charge in [-0.15, -0.1) is 0 Å². The molecule has 2 rings (SSSR count). The number of aryl methyl sites for hydroxylation is 1. The fourth-order valence-electron chi connectivity index (χ4n) is 1.68. The second kappa shape index (κ2) is 5.45. The van der Waals surface area contributed by atoms with Gasteiger partial charge in [0.1, 0.15) is 11.3 Å². The largest absolute Gasteiger partial charge is 0.506 e. The van der Waals surface area contributed by atoms with Gasteiger partial charge < -0.3 is 15.4 Å². The van der Waals surface area contributed by atoms with Crippen molar-refractivity contribution in [3.8, 4) is 5.75 Å². The summed E-state index contributed by atoms with van der Waals surface area (Å²) in [6, 6.07) is 6.08. The van der Waals surface area contributed by atoms with Crippen LogP contribution in [0.1, 0.15) is 16.1 Å². The first-order valence-electron chi connectivity index (χ1n) is 5.87. The summed E-state index contributed by atoms with van der Waals surface area (Å²) in [7, 11) is 0. The molecule has 0 atom stereocenters. The van der Waals surface area contributed by atoms with Gasteiger partial charge in [-0.25, -0.2) is 0 Å². The van der Waals surface area contributed by atoms with E-state index < -0.39 is 16.4 Å². The SMILES string of the molecule is Cc1ccc(C(=O)Nc2cc([N+](=O)[O-])ccc2O)c(=O)[nH]1. The number of nitro benzene ring substituents is 1. The smallest absolute Gasteiger partial charge is 0.271 e. The number of pyridine rings is 1. The number of carbonyl (C=O) groups excluding carboxylic acids is 1. The van der Waals surface area contributed by atoms with Gasteiger partial charge >= 0.3 is 0 Å². The maximum atomic E-state index is 12.0. The second-order valence-corrected chi connectivity index (χ2v) is 4.30. The molecule has 0 radical (unpaired) electrons. The van der Waals surface area contributed by atoms with E-state index in [1.165, 1.54) is 6.07 Å². The van der Waals surface area contributed by atoms with Crippen molar-refractivity contribution in [2.75, 3.05) is 5.32 Å². The first-order chi connectivity index (χ1) is 9.88. The summed E-state index contributed by atoms with van der Waals surface area (Å²) in [5.41, 5.74) is -0.589. The van der Waals surface area contributed by atoms with Crippen molar-refractivity contribution in [1.29, 1.82) is 0 Å². The quantitative estimate of drug-likeness (QED) is 0.449. The van der Waals surface area contributed by atoms with Crippen molar-refractivity contribution >= 4 is 17.3 Å². The molecule has 0 saturated carbocycles. The zero-order valence-corrected chi connectivity index (χ0v) is 10.9. The number of phenols is 1. The highest BCUT2D eigenvalue weighted by Gasteiger charge is 2.15. The third-order valence-electron chi connectivity index (χ3n) is 2.74. The van der Waals surface area contributed by atoms with Crippen molar-refractivity contribution < 1.29 is 14.8 Å². The second-order valence-electron chi connectivity index (χ2n) is 4.30. The number of anilines is 1. The van der Waals surface area contributed by atoms with Gasteiger partial charge in [0.25, 0.3) is 17.2 Å². The highest BCUT2D eigenvalue weighted by atomic mass is 16.6. The van der Waals surface area contributed by atoms with E-state index in [9.17, 15) is 24.8 Å². The minimum atomic E-state index is -0.771. The lowest BCUT2D eigenvalue weighted by atomic mass is 10.2. The van der Waals surface area contributed by atoms with Crippen LogP contribution in [-0.2, 0) is 0 Å². The molecule has 0 aliphatic carbocycles. The Labute approximate surface area is 118 Å². The predicted octanol–water partition coefficient (Wildman–Crippen LogP) is 1.55. The molecule has 0 aliphatic rings. The van der Waals surface area contributed by atoms with Gasteiger partial charge in [-0.2, -0.15) is 0 Å². The molecule has 0 saturated heterocycles. The van der Waals surface area contributed by atoms with Crippen LogP contribution in [0.3, 0.4) is 0 Å². The van der Waals surface area contributed by atoms with Crippen molar-refractivity contribution in [2.45, 2.75) is 6.92 Å². The van der Waals surface area contributed by atoms with Gasteiger partial charge in [0.15, 0.2) is 0 Å². The third kappa shape index (κ3) is 3.06. The number of nitro groups is 1. The number of hydrogen-bond donors (Lipinski definition) is 3. The Hall–Kier alpha value is -3.16. The van der Waals surface area contributed by atoms with E-state index in [-0.39, 0.29) is 22.7 Å². The number of hydrogen-bond acceptors (Lipinski definition) is 5. The van der Waals surface area contributed by atoms with Gasteiger partial charge in [-0.1, -0.05) is 0 Å². The first kappa shape index (κ1) is 14.3. The molecule has 1 amide bonds. The van der Waals surface area contributed by atoms with Crippen LogP contribution in [0.15, 0.2) is 35.1 Å². The monoisotopic (exact) mass is 289 g/mol. The fraction of sp³-hybridized carbons (Fsp3) is 0.0769. The summed E-state index contributed by atoms with van der Waals surface area (Å²) in [6.45, 7) is 1.66. The number of carbonyl (C=O) groups is 1. The number of nitrogens with one attached hydrogen (secondary N) is 2. The van der Waals surface area contributed by atoms with Crippen LogP contribution in [0, 0.1) is 17.0 Å². The molecule has 3 N–H and O–H groups in total. The number of aromatic amines is 1. The topological polar surface area (TPSA) is 125 Å². The van der Waals surface area contributed by atoms with Crippen LogP contribution in [0.2, 0.25) is 0 Å². The predicted molar refractivity (Wildman–Crippen MR) is 74.5 cm³/mol. The van der Waals surface area contributed by atoms with Crippen LogP contribution in [0.5, 0.6) is 5.75 Å². The maximum absolute atomic E-state index is 12.0. The maximum Gasteiger partial charge on any atom is 0.271 e. The van der Waals surface area contributed by atoms with Crippen molar-refractivity contribution in [1.82, 2.24) is 4.98 Å². The zero-order valence-electron chi connectivity index (χ0n) is 10.9. The molecule has 0 aliphatic heterocycles. The molecule has 8 nitrogen and oxygen atoms in total. The van der Waals surface area contributed by atoms with Crippen LogP contribution < -0.4 is 10.9 Å². The summed E-state index contributed by atoms with van der Waals surface area (Å²) >= 11 is 0. The Morgan fingerprint density at radius 2 is 2.05 bits per heavy atom. The molecule has 21 heavy (non-hydrogen) atoms. The summed E-state index contributed by atoms with van der Waals surface area (Å²) in [5, 5.41) is 22.5. The average Bonchev–Trinajstić information content (AvgIpc) is 2.40. The molecule has 2 aromatic rings. The highest BCUT2D eigenvalue weighted by Crippen LogP contribution is 2.27. The molecular formula is C13H11N3O5. The summed E-state index contributed by atoms with van der Waals surface area (Å²) < 4.78 is 0. The zero-order chi connectivity index (χ0) is 15.6. The van der Waals surface area contributed by atoms with Crippen molar-refractivity contribution in [3.05, 3.63) is 62.1 Å². The number of rotatable bonds is 3. The highest BCUT2D eigenvalue weighted by molar-refractivity contribution is 6.04. The lowest BCUT2D eigenvalue weighted by Crippen LogP contribution is -2.23. The number of phenolic OH excluding ortho intramolecular Hbond substituents is 1. The molecular weight excluding hydrogens is 278 g/mol. The lowest BCUT2D eigenvalue weighted by Gasteiger charge is -2.07.